The Labute approximate surface area is 159 Å². The first-order valence-corrected chi connectivity index (χ1v) is 8.91. The number of hydrogen-bond donors (Lipinski definition) is 1. The van der Waals surface area contributed by atoms with Crippen LogP contribution in [0.15, 0.2) is 36.4 Å². The van der Waals surface area contributed by atoms with E-state index in [0.717, 1.165) is 5.56 Å². The first-order chi connectivity index (χ1) is 12.5. The van der Waals surface area contributed by atoms with E-state index in [9.17, 15) is 4.79 Å². The van der Waals surface area contributed by atoms with Crippen molar-refractivity contribution in [2.75, 3.05) is 20.3 Å². The maximum atomic E-state index is 12.5. The molecular formula is C20H24ClNO4. The normalized spacial score (nSPS) is 11.6. The van der Waals surface area contributed by atoms with E-state index < -0.39 is 0 Å². The molecule has 5 nitrogen and oxygen atoms in total. The molecule has 0 spiro atoms. The van der Waals surface area contributed by atoms with E-state index in [-0.39, 0.29) is 11.9 Å². The largest absolute Gasteiger partial charge is 0.497 e. The van der Waals surface area contributed by atoms with Crippen LogP contribution in [0.5, 0.6) is 17.2 Å². The molecule has 26 heavy (non-hydrogen) atoms. The molecule has 1 atom stereocenters. The Bertz CT molecular complexity index is 763. The van der Waals surface area contributed by atoms with Crippen LogP contribution in [-0.2, 0) is 0 Å². The summed E-state index contributed by atoms with van der Waals surface area (Å²) in [7, 11) is 1.56. The van der Waals surface area contributed by atoms with Gasteiger partial charge in [-0.25, -0.2) is 0 Å². The van der Waals surface area contributed by atoms with Crippen LogP contribution in [0.2, 0.25) is 5.02 Å². The van der Waals surface area contributed by atoms with Crippen molar-refractivity contribution in [1.82, 2.24) is 5.32 Å². The molecule has 0 aliphatic heterocycles. The molecule has 0 fully saturated rings. The number of carbonyl (C=O) groups is 1. The van der Waals surface area contributed by atoms with Gasteiger partial charge in [0.25, 0.3) is 5.91 Å². The number of rotatable bonds is 8. The van der Waals surface area contributed by atoms with Gasteiger partial charge >= 0.3 is 0 Å². The van der Waals surface area contributed by atoms with E-state index in [1.54, 1.807) is 37.4 Å². The molecule has 140 valence electrons. The lowest BCUT2D eigenvalue weighted by atomic mass is 10.1. The van der Waals surface area contributed by atoms with Crippen LogP contribution >= 0.6 is 11.6 Å². The number of methoxy groups -OCH3 is 1. The van der Waals surface area contributed by atoms with E-state index in [0.29, 0.717) is 41.0 Å². The van der Waals surface area contributed by atoms with Gasteiger partial charge in [0, 0.05) is 16.7 Å². The van der Waals surface area contributed by atoms with Crippen molar-refractivity contribution in [3.8, 4) is 17.2 Å². The van der Waals surface area contributed by atoms with Crippen molar-refractivity contribution in [2.45, 2.75) is 26.8 Å². The Morgan fingerprint density at radius 2 is 1.77 bits per heavy atom. The van der Waals surface area contributed by atoms with Crippen LogP contribution in [0.1, 0.15) is 42.7 Å². The third kappa shape index (κ3) is 4.82. The summed E-state index contributed by atoms with van der Waals surface area (Å²) in [5, 5.41) is 3.46. The van der Waals surface area contributed by atoms with Crippen LogP contribution < -0.4 is 19.5 Å². The van der Waals surface area contributed by atoms with Crippen molar-refractivity contribution in [2.24, 2.45) is 0 Å². The van der Waals surface area contributed by atoms with Gasteiger partial charge in [-0.3, -0.25) is 4.79 Å². The Balaban J connectivity index is 2.23. The maximum absolute atomic E-state index is 12.5. The molecule has 0 saturated carbocycles. The molecule has 0 aliphatic carbocycles. The fraction of sp³-hybridized carbons (Fsp3) is 0.350. The Hall–Kier alpha value is -2.40. The summed E-state index contributed by atoms with van der Waals surface area (Å²) in [6.07, 6.45) is 0. The van der Waals surface area contributed by atoms with Crippen LogP contribution in [0, 0.1) is 0 Å². The van der Waals surface area contributed by atoms with Gasteiger partial charge in [-0.15, -0.1) is 0 Å². The Kier molecular flexibility index (Phi) is 7.16. The van der Waals surface area contributed by atoms with Gasteiger partial charge in [0.2, 0.25) is 0 Å². The third-order valence-electron chi connectivity index (χ3n) is 3.81. The summed E-state index contributed by atoms with van der Waals surface area (Å²) in [4.78, 5) is 12.5. The van der Waals surface area contributed by atoms with Crippen molar-refractivity contribution < 1.29 is 19.0 Å². The molecular weight excluding hydrogens is 354 g/mol. The second kappa shape index (κ2) is 9.34. The Morgan fingerprint density at radius 1 is 1.12 bits per heavy atom. The van der Waals surface area contributed by atoms with Gasteiger partial charge in [0.1, 0.15) is 5.75 Å². The summed E-state index contributed by atoms with van der Waals surface area (Å²) < 4.78 is 16.4. The van der Waals surface area contributed by atoms with Crippen molar-refractivity contribution in [1.29, 1.82) is 0 Å². The molecule has 0 aromatic heterocycles. The fourth-order valence-electron chi connectivity index (χ4n) is 2.54. The standard InChI is InChI=1S/C20H24ClNO4/c1-5-25-18-11-16(17(21)12-19(18)26-6-2)13(3)22-20(23)14-8-7-9-15(10-14)24-4/h7-13H,5-6H2,1-4H3,(H,22,23). The zero-order valence-corrected chi connectivity index (χ0v) is 16.2. The number of ether oxygens (including phenoxy) is 3. The van der Waals surface area contributed by atoms with Crippen LogP contribution in [-0.4, -0.2) is 26.2 Å². The number of halogens is 1. The minimum absolute atomic E-state index is 0.209. The first-order valence-electron chi connectivity index (χ1n) is 8.54. The average molecular weight is 378 g/mol. The van der Waals surface area contributed by atoms with E-state index in [1.165, 1.54) is 0 Å². The molecule has 1 N–H and O–H groups in total. The van der Waals surface area contributed by atoms with Gasteiger partial charge < -0.3 is 19.5 Å². The zero-order valence-electron chi connectivity index (χ0n) is 15.5. The minimum atomic E-state index is -0.309. The molecule has 0 heterocycles. The quantitative estimate of drug-likeness (QED) is 0.728. The van der Waals surface area contributed by atoms with Crippen molar-refractivity contribution in [3.05, 3.63) is 52.5 Å². The predicted molar refractivity (Wildman–Crippen MR) is 103 cm³/mol. The van der Waals surface area contributed by atoms with Crippen LogP contribution in [0.25, 0.3) is 0 Å². The van der Waals surface area contributed by atoms with E-state index in [2.05, 4.69) is 5.32 Å². The molecule has 6 heteroatoms. The highest BCUT2D eigenvalue weighted by Crippen LogP contribution is 2.36. The van der Waals surface area contributed by atoms with E-state index >= 15 is 0 Å². The molecule has 1 amide bonds. The highest BCUT2D eigenvalue weighted by Gasteiger charge is 2.18. The number of carbonyl (C=O) groups excluding carboxylic acids is 1. The highest BCUT2D eigenvalue weighted by molar-refractivity contribution is 6.31. The molecule has 0 saturated heterocycles. The number of nitrogens with one attached hydrogen (secondary N) is 1. The topological polar surface area (TPSA) is 56.8 Å². The van der Waals surface area contributed by atoms with E-state index in [1.807, 2.05) is 26.8 Å². The monoisotopic (exact) mass is 377 g/mol. The summed E-state index contributed by atoms with van der Waals surface area (Å²) in [5.41, 5.74) is 1.28. The predicted octanol–water partition coefficient (Wildman–Crippen LogP) is 4.64. The Morgan fingerprint density at radius 3 is 2.38 bits per heavy atom. The third-order valence-corrected chi connectivity index (χ3v) is 4.14. The van der Waals surface area contributed by atoms with Gasteiger partial charge in [-0.2, -0.15) is 0 Å². The molecule has 1 unspecified atom stereocenters. The fourth-order valence-corrected chi connectivity index (χ4v) is 2.86. The first kappa shape index (κ1) is 19.9. The average Bonchev–Trinajstić information content (AvgIpc) is 2.64. The van der Waals surface area contributed by atoms with Gasteiger partial charge in [-0.05, 0) is 50.6 Å². The van der Waals surface area contributed by atoms with E-state index in [4.69, 9.17) is 25.8 Å². The van der Waals surface area contributed by atoms with Crippen molar-refractivity contribution >= 4 is 17.5 Å². The summed E-state index contributed by atoms with van der Waals surface area (Å²) in [6, 6.07) is 10.2. The summed E-state index contributed by atoms with van der Waals surface area (Å²) in [5.74, 6) is 1.62. The van der Waals surface area contributed by atoms with Crippen molar-refractivity contribution in [3.63, 3.8) is 0 Å². The number of benzene rings is 2. The minimum Gasteiger partial charge on any atom is -0.497 e. The highest BCUT2D eigenvalue weighted by atomic mass is 35.5. The lowest BCUT2D eigenvalue weighted by molar-refractivity contribution is 0.0939. The van der Waals surface area contributed by atoms with Gasteiger partial charge in [-0.1, -0.05) is 17.7 Å². The molecule has 2 aromatic carbocycles. The zero-order chi connectivity index (χ0) is 19.1. The van der Waals surface area contributed by atoms with Gasteiger partial charge in [0.15, 0.2) is 11.5 Å². The van der Waals surface area contributed by atoms with Gasteiger partial charge in [0.05, 0.1) is 26.4 Å². The molecule has 0 radical (unpaired) electrons. The number of hydrogen-bond acceptors (Lipinski definition) is 4. The molecule has 2 rings (SSSR count). The maximum Gasteiger partial charge on any atom is 0.251 e. The van der Waals surface area contributed by atoms with Crippen LogP contribution in [0.3, 0.4) is 0 Å². The summed E-state index contributed by atoms with van der Waals surface area (Å²) >= 11 is 6.40. The second-order valence-electron chi connectivity index (χ2n) is 5.61. The number of amides is 1. The lowest BCUT2D eigenvalue weighted by Crippen LogP contribution is -2.26. The lowest BCUT2D eigenvalue weighted by Gasteiger charge is -2.19. The smallest absolute Gasteiger partial charge is 0.251 e. The van der Waals surface area contributed by atoms with Crippen LogP contribution in [0.4, 0.5) is 0 Å². The summed E-state index contributed by atoms with van der Waals surface area (Å²) in [6.45, 7) is 6.69. The molecule has 2 aromatic rings. The SMILES string of the molecule is CCOc1cc(Cl)c(C(C)NC(=O)c2cccc(OC)c2)cc1OCC. The second-order valence-corrected chi connectivity index (χ2v) is 6.02. The molecule has 0 aliphatic rings. The molecule has 0 bridgehead atoms.